The summed E-state index contributed by atoms with van der Waals surface area (Å²) in [6, 6.07) is 11.1. The first-order chi connectivity index (χ1) is 8.70. The molecule has 0 aliphatic heterocycles. The topological polar surface area (TPSA) is 12.0 Å². The van der Waals surface area contributed by atoms with E-state index >= 15 is 0 Å². The van der Waals surface area contributed by atoms with Crippen LogP contribution in [0.25, 0.3) is 0 Å². The Kier molecular flexibility index (Phi) is 5.66. The first kappa shape index (κ1) is 14.5. The summed E-state index contributed by atoms with van der Waals surface area (Å²) in [4.78, 5) is 0. The molecule has 0 radical (unpaired) electrons. The van der Waals surface area contributed by atoms with E-state index in [9.17, 15) is 0 Å². The lowest BCUT2D eigenvalue weighted by Crippen LogP contribution is -2.22. The lowest BCUT2D eigenvalue weighted by Gasteiger charge is -2.18. The van der Waals surface area contributed by atoms with Crippen molar-refractivity contribution in [1.82, 2.24) is 5.32 Å². The van der Waals surface area contributed by atoms with E-state index in [1.54, 1.807) is 11.3 Å². The molecule has 1 heterocycles. The molecule has 0 aliphatic rings. The smallest absolute Gasteiger partial charge is 0.0656 e. The van der Waals surface area contributed by atoms with Crippen LogP contribution in [-0.2, 0) is 0 Å². The molecule has 4 heteroatoms. The van der Waals surface area contributed by atoms with Gasteiger partial charge < -0.3 is 5.32 Å². The number of benzene rings is 1. The number of rotatable bonds is 5. The Hall–Kier alpha value is 0.0900. The van der Waals surface area contributed by atoms with Gasteiger partial charge >= 0.3 is 0 Å². The zero-order valence-electron chi connectivity index (χ0n) is 10.1. The van der Waals surface area contributed by atoms with Crippen molar-refractivity contribution in [2.75, 3.05) is 6.54 Å². The minimum atomic E-state index is 0.304. The summed E-state index contributed by atoms with van der Waals surface area (Å²) in [5.41, 5.74) is 2.68. The average molecular weight is 436 g/mol. The first-order valence-electron chi connectivity index (χ1n) is 5.93. The second-order valence-corrected chi connectivity index (χ2v) is 7.84. The molecule has 1 N–H and O–H groups in total. The summed E-state index contributed by atoms with van der Waals surface area (Å²) in [6.07, 6.45) is 1.15. The highest BCUT2D eigenvalue weighted by molar-refractivity contribution is 14.1. The number of hydrogen-bond donors (Lipinski definition) is 1. The summed E-state index contributed by atoms with van der Waals surface area (Å²) >= 11 is 7.67. The van der Waals surface area contributed by atoms with E-state index < -0.39 is 0 Å². The van der Waals surface area contributed by atoms with Gasteiger partial charge in [0.15, 0.2) is 0 Å². The number of thiophene rings is 1. The van der Waals surface area contributed by atoms with Crippen LogP contribution in [0, 0.1) is 2.88 Å². The fraction of sp³-hybridized carbons (Fsp3) is 0.286. The Bertz CT molecular complexity index is 495. The lowest BCUT2D eigenvalue weighted by molar-refractivity contribution is 0.600. The van der Waals surface area contributed by atoms with Gasteiger partial charge in [0.1, 0.15) is 0 Å². The predicted molar refractivity (Wildman–Crippen MR) is 91.3 cm³/mol. The van der Waals surface area contributed by atoms with E-state index in [1.807, 2.05) is 0 Å². The fourth-order valence-electron chi connectivity index (χ4n) is 1.85. The molecule has 0 aliphatic carbocycles. The van der Waals surface area contributed by atoms with Crippen LogP contribution in [0.3, 0.4) is 0 Å². The highest BCUT2D eigenvalue weighted by atomic mass is 127. The third-order valence-electron chi connectivity index (χ3n) is 2.72. The molecule has 1 nitrogen and oxygen atoms in total. The van der Waals surface area contributed by atoms with Crippen molar-refractivity contribution < 1.29 is 0 Å². The van der Waals surface area contributed by atoms with Crippen LogP contribution in [0.4, 0.5) is 0 Å². The van der Waals surface area contributed by atoms with E-state index in [-0.39, 0.29) is 0 Å². The molecule has 18 heavy (non-hydrogen) atoms. The van der Waals surface area contributed by atoms with Crippen LogP contribution in [0.2, 0.25) is 0 Å². The molecule has 1 aromatic heterocycles. The second-order valence-electron chi connectivity index (χ2n) is 4.12. The summed E-state index contributed by atoms with van der Waals surface area (Å²) < 4.78 is 2.46. The Balaban J connectivity index is 2.27. The zero-order valence-corrected chi connectivity index (χ0v) is 14.7. The van der Waals surface area contributed by atoms with Gasteiger partial charge in [-0.05, 0) is 70.3 Å². The molecule has 0 spiro atoms. The molecule has 1 unspecified atom stereocenters. The maximum Gasteiger partial charge on any atom is 0.0656 e. The van der Waals surface area contributed by atoms with E-state index in [1.165, 1.54) is 14.0 Å². The summed E-state index contributed by atoms with van der Waals surface area (Å²) in [6.45, 7) is 3.23. The van der Waals surface area contributed by atoms with Crippen molar-refractivity contribution in [2.45, 2.75) is 19.4 Å². The normalized spacial score (nSPS) is 12.6. The van der Waals surface area contributed by atoms with Crippen LogP contribution in [-0.4, -0.2) is 6.54 Å². The minimum Gasteiger partial charge on any atom is -0.306 e. The van der Waals surface area contributed by atoms with Gasteiger partial charge in [-0.1, -0.05) is 35.0 Å². The monoisotopic (exact) mass is 435 g/mol. The van der Waals surface area contributed by atoms with Gasteiger partial charge in [-0.3, -0.25) is 0 Å². The minimum absolute atomic E-state index is 0.304. The molecular formula is C14H15BrINS. The van der Waals surface area contributed by atoms with Crippen LogP contribution in [0.1, 0.15) is 30.5 Å². The van der Waals surface area contributed by atoms with Crippen LogP contribution < -0.4 is 5.32 Å². The zero-order chi connectivity index (χ0) is 13.0. The maximum absolute atomic E-state index is 3.62. The molecule has 1 aromatic carbocycles. The largest absolute Gasteiger partial charge is 0.306 e. The van der Waals surface area contributed by atoms with Crippen LogP contribution in [0.5, 0.6) is 0 Å². The Morgan fingerprint density at radius 3 is 2.56 bits per heavy atom. The van der Waals surface area contributed by atoms with Gasteiger partial charge in [0, 0.05) is 4.47 Å². The molecule has 0 fully saturated rings. The van der Waals surface area contributed by atoms with Gasteiger partial charge in [-0.2, -0.15) is 0 Å². The highest BCUT2D eigenvalue weighted by Crippen LogP contribution is 2.28. The van der Waals surface area contributed by atoms with Crippen LogP contribution >= 0.6 is 49.9 Å². The Morgan fingerprint density at radius 2 is 2.00 bits per heavy atom. The van der Waals surface area contributed by atoms with Crippen molar-refractivity contribution in [2.24, 2.45) is 0 Å². The summed E-state index contributed by atoms with van der Waals surface area (Å²) in [5.74, 6) is 0. The lowest BCUT2D eigenvalue weighted by atomic mass is 10.0. The molecular weight excluding hydrogens is 421 g/mol. The van der Waals surface area contributed by atoms with Gasteiger partial charge in [-0.25, -0.2) is 0 Å². The molecule has 0 saturated carbocycles. The molecule has 0 saturated heterocycles. The van der Waals surface area contributed by atoms with Gasteiger partial charge in [0.2, 0.25) is 0 Å². The van der Waals surface area contributed by atoms with Crippen LogP contribution in [0.15, 0.2) is 40.2 Å². The summed E-state index contributed by atoms with van der Waals surface area (Å²) in [7, 11) is 0. The molecule has 0 bridgehead atoms. The van der Waals surface area contributed by atoms with Gasteiger partial charge in [0.05, 0.1) is 8.93 Å². The first-order valence-corrected chi connectivity index (χ1v) is 8.68. The summed E-state index contributed by atoms with van der Waals surface area (Å²) in [5, 5.41) is 5.87. The quantitative estimate of drug-likeness (QED) is 0.636. The highest BCUT2D eigenvalue weighted by Gasteiger charge is 2.14. The van der Waals surface area contributed by atoms with E-state index in [2.05, 4.69) is 86.5 Å². The molecule has 2 aromatic rings. The average Bonchev–Trinajstić information content (AvgIpc) is 2.78. The van der Waals surface area contributed by atoms with Crippen molar-refractivity contribution in [1.29, 1.82) is 0 Å². The Morgan fingerprint density at radius 1 is 1.28 bits per heavy atom. The van der Waals surface area contributed by atoms with E-state index in [0.717, 1.165) is 17.4 Å². The number of halogens is 2. The van der Waals surface area contributed by atoms with Crippen molar-refractivity contribution in [3.63, 3.8) is 0 Å². The molecule has 1 atom stereocenters. The standard InChI is InChI=1S/C14H15BrINS/c1-2-7-17-14(11-8-13(16)18-9-11)10-3-5-12(15)6-4-10/h3-6,8-9,14,17H,2,7H2,1H3. The predicted octanol–water partition coefficient (Wildman–Crippen LogP) is 5.20. The van der Waals surface area contributed by atoms with Crippen molar-refractivity contribution >= 4 is 49.9 Å². The maximum atomic E-state index is 3.62. The fourth-order valence-corrected chi connectivity index (χ4v) is 3.51. The van der Waals surface area contributed by atoms with Gasteiger partial charge in [-0.15, -0.1) is 11.3 Å². The molecule has 96 valence electrons. The van der Waals surface area contributed by atoms with Crippen molar-refractivity contribution in [3.8, 4) is 0 Å². The van der Waals surface area contributed by atoms with E-state index in [4.69, 9.17) is 0 Å². The molecule has 2 rings (SSSR count). The van der Waals surface area contributed by atoms with E-state index in [0.29, 0.717) is 6.04 Å². The number of hydrogen-bond acceptors (Lipinski definition) is 2. The third kappa shape index (κ3) is 3.79. The van der Waals surface area contributed by atoms with Gasteiger partial charge in [0.25, 0.3) is 0 Å². The number of nitrogens with one attached hydrogen (secondary N) is 1. The second kappa shape index (κ2) is 7.03. The SMILES string of the molecule is CCCNC(c1ccc(Br)cc1)c1csc(I)c1. The Labute approximate surface area is 134 Å². The molecule has 0 amide bonds. The van der Waals surface area contributed by atoms with Crippen molar-refractivity contribution in [3.05, 3.63) is 54.2 Å². The third-order valence-corrected chi connectivity index (χ3v) is 5.06.